The number of anilines is 1. The van der Waals surface area contributed by atoms with E-state index in [1.54, 1.807) is 12.1 Å². The van der Waals surface area contributed by atoms with Gasteiger partial charge in [0.05, 0.1) is 17.7 Å². The molecule has 0 N–H and O–H groups in total. The largest absolute Gasteiger partial charge is 0.497 e. The van der Waals surface area contributed by atoms with Crippen molar-refractivity contribution >= 4 is 21.5 Å². The van der Waals surface area contributed by atoms with Crippen molar-refractivity contribution in [2.45, 2.75) is 18.2 Å². The maximum absolute atomic E-state index is 13.4. The summed E-state index contributed by atoms with van der Waals surface area (Å²) in [5.41, 5.74) is 0.868. The Bertz CT molecular complexity index is 924. The molecule has 0 aromatic heterocycles. The number of aryl methyl sites for hydroxylation is 1. The lowest BCUT2D eigenvalue weighted by molar-refractivity contribution is 0.0982. The summed E-state index contributed by atoms with van der Waals surface area (Å²) < 4.78 is 45.7. The van der Waals surface area contributed by atoms with Crippen molar-refractivity contribution in [2.24, 2.45) is 0 Å². The first kappa shape index (κ1) is 16.4. The molecule has 1 aliphatic heterocycles. The van der Waals surface area contributed by atoms with Gasteiger partial charge >= 0.3 is 0 Å². The Hall–Kier alpha value is -2.41. The van der Waals surface area contributed by atoms with Gasteiger partial charge in [0.15, 0.2) is 5.78 Å². The predicted octanol–water partition coefficient (Wildman–Crippen LogP) is 2.92. The van der Waals surface area contributed by atoms with Crippen LogP contribution in [0, 0.1) is 12.7 Å². The van der Waals surface area contributed by atoms with Gasteiger partial charge in [0.2, 0.25) is 0 Å². The average Bonchev–Trinajstić information content (AvgIpc) is 2.56. The Morgan fingerprint density at radius 2 is 1.92 bits per heavy atom. The van der Waals surface area contributed by atoms with E-state index < -0.39 is 15.8 Å². The number of ketones is 1. The zero-order valence-electron chi connectivity index (χ0n) is 13.2. The molecule has 3 rings (SSSR count). The summed E-state index contributed by atoms with van der Waals surface area (Å²) in [6.07, 6.45) is 0.0960. The van der Waals surface area contributed by atoms with E-state index in [0.29, 0.717) is 11.3 Å². The molecule has 0 saturated carbocycles. The standard InChI is InChI=1S/C17H16FNO4S/c1-11-9-13(4-6-15(11)18)24(21,22)19-8-7-17(20)14-5-3-12(23-2)10-16(14)19/h3-6,9-10H,7-8H2,1-2H3. The summed E-state index contributed by atoms with van der Waals surface area (Å²) in [4.78, 5) is 12.1. The van der Waals surface area contributed by atoms with E-state index in [4.69, 9.17) is 4.74 Å². The van der Waals surface area contributed by atoms with Gasteiger partial charge in [-0.2, -0.15) is 0 Å². The zero-order valence-corrected chi connectivity index (χ0v) is 14.1. The Morgan fingerprint density at radius 3 is 2.58 bits per heavy atom. The van der Waals surface area contributed by atoms with Gasteiger partial charge in [0.25, 0.3) is 10.0 Å². The minimum absolute atomic E-state index is 0.00970. The van der Waals surface area contributed by atoms with Gasteiger partial charge in [-0.15, -0.1) is 0 Å². The zero-order chi connectivity index (χ0) is 17.5. The van der Waals surface area contributed by atoms with Crippen molar-refractivity contribution in [3.05, 3.63) is 53.3 Å². The van der Waals surface area contributed by atoms with Crippen LogP contribution in [0.3, 0.4) is 0 Å². The number of Topliss-reactive ketones (excluding diaryl/α,β-unsaturated/α-hetero) is 1. The predicted molar refractivity (Wildman–Crippen MR) is 87.6 cm³/mol. The molecule has 0 unspecified atom stereocenters. The summed E-state index contributed by atoms with van der Waals surface area (Å²) in [6.45, 7) is 1.54. The smallest absolute Gasteiger partial charge is 0.264 e. The molecule has 0 aliphatic carbocycles. The first-order chi connectivity index (χ1) is 11.3. The van der Waals surface area contributed by atoms with Crippen LogP contribution in [-0.4, -0.2) is 27.9 Å². The Balaban J connectivity index is 2.14. The van der Waals surface area contributed by atoms with Crippen molar-refractivity contribution in [1.29, 1.82) is 0 Å². The van der Waals surface area contributed by atoms with Crippen molar-refractivity contribution < 1.29 is 22.3 Å². The van der Waals surface area contributed by atoms with Crippen LogP contribution < -0.4 is 9.04 Å². The first-order valence-corrected chi connectivity index (χ1v) is 8.79. The monoisotopic (exact) mass is 349 g/mol. The number of methoxy groups -OCH3 is 1. The number of carbonyl (C=O) groups is 1. The number of nitrogens with zero attached hydrogens (tertiary/aromatic N) is 1. The Kier molecular flexibility index (Phi) is 4.04. The topological polar surface area (TPSA) is 63.7 Å². The van der Waals surface area contributed by atoms with E-state index >= 15 is 0 Å². The molecule has 5 nitrogen and oxygen atoms in total. The summed E-state index contributed by atoms with van der Waals surface area (Å²) >= 11 is 0. The molecule has 1 heterocycles. The van der Waals surface area contributed by atoms with Crippen molar-refractivity contribution in [3.63, 3.8) is 0 Å². The van der Waals surface area contributed by atoms with Gasteiger partial charge in [0.1, 0.15) is 11.6 Å². The van der Waals surface area contributed by atoms with Crippen molar-refractivity contribution in [1.82, 2.24) is 0 Å². The minimum atomic E-state index is -3.90. The van der Waals surface area contributed by atoms with Gasteiger partial charge in [-0.3, -0.25) is 9.10 Å². The lowest BCUT2D eigenvalue weighted by atomic mass is 10.0. The van der Waals surface area contributed by atoms with Crippen LogP contribution in [0.4, 0.5) is 10.1 Å². The van der Waals surface area contributed by atoms with E-state index in [0.717, 1.165) is 6.07 Å². The van der Waals surface area contributed by atoms with Gasteiger partial charge < -0.3 is 4.74 Å². The van der Waals surface area contributed by atoms with E-state index in [9.17, 15) is 17.6 Å². The van der Waals surface area contributed by atoms with Crippen molar-refractivity contribution in [2.75, 3.05) is 18.0 Å². The highest BCUT2D eigenvalue weighted by molar-refractivity contribution is 7.92. The molecule has 7 heteroatoms. The van der Waals surface area contributed by atoms with Gasteiger partial charge in [-0.05, 0) is 42.8 Å². The number of benzene rings is 2. The molecule has 0 atom stereocenters. The SMILES string of the molecule is COc1ccc2c(c1)N(S(=O)(=O)c1ccc(F)c(C)c1)CCC2=O. The third kappa shape index (κ3) is 2.65. The fraction of sp³-hybridized carbons (Fsp3) is 0.235. The number of sulfonamides is 1. The van der Waals surface area contributed by atoms with Crippen LogP contribution in [0.15, 0.2) is 41.3 Å². The quantitative estimate of drug-likeness (QED) is 0.855. The number of hydrogen-bond donors (Lipinski definition) is 0. The Morgan fingerprint density at radius 1 is 1.17 bits per heavy atom. The normalized spacial score (nSPS) is 14.5. The molecule has 24 heavy (non-hydrogen) atoms. The van der Waals surface area contributed by atoms with Crippen LogP contribution in [0.2, 0.25) is 0 Å². The Labute approximate surface area is 139 Å². The minimum Gasteiger partial charge on any atom is -0.497 e. The van der Waals surface area contributed by atoms with Gasteiger partial charge in [0, 0.05) is 24.6 Å². The lowest BCUT2D eigenvalue weighted by Crippen LogP contribution is -2.37. The third-order valence-corrected chi connectivity index (χ3v) is 5.84. The van der Waals surface area contributed by atoms with Gasteiger partial charge in [-0.1, -0.05) is 0 Å². The van der Waals surface area contributed by atoms with Crippen molar-refractivity contribution in [3.8, 4) is 5.75 Å². The maximum atomic E-state index is 13.4. The van der Waals surface area contributed by atoms with E-state index in [1.165, 1.54) is 36.5 Å². The second-order valence-electron chi connectivity index (χ2n) is 5.54. The third-order valence-electron chi connectivity index (χ3n) is 4.03. The lowest BCUT2D eigenvalue weighted by Gasteiger charge is -2.30. The van der Waals surface area contributed by atoms with Gasteiger partial charge in [-0.25, -0.2) is 12.8 Å². The highest BCUT2D eigenvalue weighted by Gasteiger charge is 2.33. The van der Waals surface area contributed by atoms with E-state index in [1.807, 2.05) is 0 Å². The summed E-state index contributed by atoms with van der Waals surface area (Å²) in [7, 11) is -2.44. The van der Waals surface area contributed by atoms with E-state index in [2.05, 4.69) is 0 Å². The number of hydrogen-bond acceptors (Lipinski definition) is 4. The highest BCUT2D eigenvalue weighted by atomic mass is 32.2. The first-order valence-electron chi connectivity index (χ1n) is 7.34. The van der Waals surface area contributed by atoms with Crippen LogP contribution >= 0.6 is 0 Å². The molecule has 0 amide bonds. The fourth-order valence-corrected chi connectivity index (χ4v) is 4.26. The molecule has 1 aliphatic rings. The molecule has 2 aromatic carbocycles. The van der Waals surface area contributed by atoms with Crippen LogP contribution in [0.5, 0.6) is 5.75 Å². The number of halogens is 1. The fourth-order valence-electron chi connectivity index (χ4n) is 2.69. The molecule has 0 saturated heterocycles. The molecule has 0 spiro atoms. The number of ether oxygens (including phenoxy) is 1. The molecule has 0 radical (unpaired) electrons. The van der Waals surface area contributed by atoms with Crippen LogP contribution in [0.1, 0.15) is 22.3 Å². The highest BCUT2D eigenvalue weighted by Crippen LogP contribution is 2.35. The second kappa shape index (κ2) is 5.90. The van der Waals surface area contributed by atoms with E-state index in [-0.39, 0.29) is 34.9 Å². The summed E-state index contributed by atoms with van der Waals surface area (Å²) in [5, 5.41) is 0. The molecule has 2 aromatic rings. The second-order valence-corrected chi connectivity index (χ2v) is 7.41. The molecular weight excluding hydrogens is 333 g/mol. The molecule has 0 fully saturated rings. The number of fused-ring (bicyclic) bond motifs is 1. The summed E-state index contributed by atoms with van der Waals surface area (Å²) in [6, 6.07) is 8.36. The average molecular weight is 349 g/mol. The summed E-state index contributed by atoms with van der Waals surface area (Å²) in [5.74, 6) is -0.127. The number of rotatable bonds is 3. The molecule has 126 valence electrons. The maximum Gasteiger partial charge on any atom is 0.264 e. The molecule has 0 bridgehead atoms. The number of carbonyl (C=O) groups excluding carboxylic acids is 1. The van der Waals surface area contributed by atoms with Crippen LogP contribution in [-0.2, 0) is 10.0 Å². The van der Waals surface area contributed by atoms with Crippen LogP contribution in [0.25, 0.3) is 0 Å². The molecular formula is C17H16FNO4S.